The van der Waals surface area contributed by atoms with Crippen molar-refractivity contribution in [2.45, 2.75) is 32.2 Å². The van der Waals surface area contributed by atoms with Gasteiger partial charge in [-0.15, -0.1) is 0 Å². The number of hydrogen-bond donors (Lipinski definition) is 2. The molecule has 2 N–H and O–H groups in total. The lowest BCUT2D eigenvalue weighted by atomic mass is 9.90. The lowest BCUT2D eigenvalue weighted by Crippen LogP contribution is -2.08. The Kier molecular flexibility index (Phi) is 3.83. The van der Waals surface area contributed by atoms with Gasteiger partial charge < -0.3 is 10.4 Å². The number of aryl methyl sites for hydroxylation is 1. The fraction of sp³-hybridized carbons (Fsp3) is 0.294. The molecule has 0 aliphatic heterocycles. The second-order valence-corrected chi connectivity index (χ2v) is 5.65. The highest BCUT2D eigenvalue weighted by molar-refractivity contribution is 6.31. The second-order valence-electron chi connectivity index (χ2n) is 5.24. The fourth-order valence-electron chi connectivity index (χ4n) is 2.85. The summed E-state index contributed by atoms with van der Waals surface area (Å²) in [6.07, 6.45) is 4.83. The van der Waals surface area contributed by atoms with Gasteiger partial charge >= 0.3 is 0 Å². The van der Waals surface area contributed by atoms with E-state index in [1.807, 2.05) is 0 Å². The van der Waals surface area contributed by atoms with Gasteiger partial charge in [-0.25, -0.2) is 0 Å². The van der Waals surface area contributed by atoms with E-state index in [0.717, 1.165) is 12.0 Å². The van der Waals surface area contributed by atoms with Crippen molar-refractivity contribution in [3.8, 4) is 5.75 Å². The van der Waals surface area contributed by atoms with Crippen molar-refractivity contribution in [2.75, 3.05) is 5.32 Å². The minimum Gasteiger partial charge on any atom is -0.508 e. The first-order chi connectivity index (χ1) is 9.75. The number of rotatable bonds is 3. The largest absolute Gasteiger partial charge is 0.508 e. The number of fused-ring (bicyclic) bond motifs is 1. The summed E-state index contributed by atoms with van der Waals surface area (Å²) in [5, 5.41) is 13.9. The van der Waals surface area contributed by atoms with E-state index in [9.17, 15) is 5.11 Å². The molecule has 0 aromatic heterocycles. The van der Waals surface area contributed by atoms with Crippen LogP contribution >= 0.6 is 11.6 Å². The molecule has 1 aliphatic carbocycles. The van der Waals surface area contributed by atoms with Crippen molar-refractivity contribution < 1.29 is 5.11 Å². The highest BCUT2D eigenvalue weighted by Crippen LogP contribution is 2.30. The average Bonchev–Trinajstić information content (AvgIpc) is 2.47. The first-order valence-corrected chi connectivity index (χ1v) is 7.44. The average molecular weight is 288 g/mol. The molecular weight excluding hydrogens is 270 g/mol. The Balaban J connectivity index is 1.82. The van der Waals surface area contributed by atoms with Crippen molar-refractivity contribution in [1.29, 1.82) is 0 Å². The molecule has 2 aromatic rings. The Hall–Kier alpha value is -1.67. The van der Waals surface area contributed by atoms with Crippen LogP contribution in [0.4, 0.5) is 5.69 Å². The van der Waals surface area contributed by atoms with Gasteiger partial charge in [0.15, 0.2) is 0 Å². The molecule has 0 spiro atoms. The smallest absolute Gasteiger partial charge is 0.122 e. The summed E-state index contributed by atoms with van der Waals surface area (Å²) < 4.78 is 0. The van der Waals surface area contributed by atoms with Crippen molar-refractivity contribution in [3.05, 3.63) is 58.1 Å². The van der Waals surface area contributed by atoms with Crippen LogP contribution in [0.3, 0.4) is 0 Å². The number of phenols is 1. The van der Waals surface area contributed by atoms with Crippen LogP contribution in [0.2, 0.25) is 5.02 Å². The summed E-state index contributed by atoms with van der Waals surface area (Å²) in [7, 11) is 0. The van der Waals surface area contributed by atoms with Crippen molar-refractivity contribution >= 4 is 17.3 Å². The van der Waals surface area contributed by atoms with E-state index in [1.165, 1.54) is 36.1 Å². The van der Waals surface area contributed by atoms with Gasteiger partial charge in [-0.05, 0) is 55.0 Å². The summed E-state index contributed by atoms with van der Waals surface area (Å²) in [5.41, 5.74) is 4.79. The van der Waals surface area contributed by atoms with Crippen LogP contribution in [0, 0.1) is 0 Å². The molecular formula is C17H18ClNO. The molecule has 0 amide bonds. The molecule has 1 aliphatic rings. The van der Waals surface area contributed by atoms with Gasteiger partial charge in [0.05, 0.1) is 0 Å². The molecule has 0 heterocycles. The number of nitrogens with one attached hydrogen (secondary N) is 1. The molecule has 0 fully saturated rings. The fourth-order valence-corrected chi connectivity index (χ4v) is 3.09. The van der Waals surface area contributed by atoms with E-state index in [-0.39, 0.29) is 5.75 Å². The number of anilines is 1. The van der Waals surface area contributed by atoms with Crippen molar-refractivity contribution in [3.63, 3.8) is 0 Å². The minimum absolute atomic E-state index is 0.245. The van der Waals surface area contributed by atoms with E-state index in [4.69, 9.17) is 11.6 Å². The number of hydrogen-bond acceptors (Lipinski definition) is 2. The Morgan fingerprint density at radius 3 is 2.70 bits per heavy atom. The number of halogens is 1. The Labute approximate surface area is 124 Å². The maximum atomic E-state index is 9.88. The highest BCUT2D eigenvalue weighted by atomic mass is 35.5. The predicted octanol–water partition coefficient (Wildman–Crippen LogP) is 4.54. The Morgan fingerprint density at radius 1 is 1.05 bits per heavy atom. The lowest BCUT2D eigenvalue weighted by Gasteiger charge is -2.20. The van der Waals surface area contributed by atoms with Gasteiger partial charge in [-0.2, -0.15) is 0 Å². The monoisotopic (exact) mass is 287 g/mol. The standard InChI is InChI=1S/C17H18ClNO/c18-15-8-4-10-17(20)14(15)11-19-16-9-3-6-12-5-1-2-7-13(12)16/h3-4,6,8-10,19-20H,1-2,5,7,11H2. The zero-order valence-electron chi connectivity index (χ0n) is 11.3. The maximum Gasteiger partial charge on any atom is 0.122 e. The zero-order valence-corrected chi connectivity index (χ0v) is 12.1. The highest BCUT2D eigenvalue weighted by Gasteiger charge is 2.13. The molecule has 2 aromatic carbocycles. The molecule has 3 rings (SSSR count). The van der Waals surface area contributed by atoms with E-state index < -0.39 is 0 Å². The van der Waals surface area contributed by atoms with E-state index in [2.05, 4.69) is 23.5 Å². The van der Waals surface area contributed by atoms with Crippen LogP contribution in [0.1, 0.15) is 29.5 Å². The summed E-state index contributed by atoms with van der Waals surface area (Å²) in [4.78, 5) is 0. The summed E-state index contributed by atoms with van der Waals surface area (Å²) in [6, 6.07) is 11.7. The van der Waals surface area contributed by atoms with Gasteiger partial charge in [0.2, 0.25) is 0 Å². The van der Waals surface area contributed by atoms with Crippen LogP contribution in [-0.2, 0) is 19.4 Å². The zero-order chi connectivity index (χ0) is 13.9. The first-order valence-electron chi connectivity index (χ1n) is 7.06. The molecule has 3 heteroatoms. The molecule has 0 bridgehead atoms. The predicted molar refractivity (Wildman–Crippen MR) is 83.5 cm³/mol. The molecule has 20 heavy (non-hydrogen) atoms. The Bertz CT molecular complexity index is 604. The van der Waals surface area contributed by atoms with Gasteiger partial charge in [0.1, 0.15) is 5.75 Å². The third kappa shape index (κ3) is 2.61. The number of aromatic hydroxyl groups is 1. The third-order valence-corrected chi connectivity index (χ3v) is 4.30. The van der Waals surface area contributed by atoms with Gasteiger partial charge in [-0.3, -0.25) is 0 Å². The first kappa shape index (κ1) is 13.3. The molecule has 0 saturated carbocycles. The Morgan fingerprint density at radius 2 is 1.85 bits per heavy atom. The van der Waals surface area contributed by atoms with Gasteiger partial charge in [0.25, 0.3) is 0 Å². The van der Waals surface area contributed by atoms with Crippen molar-refractivity contribution in [1.82, 2.24) is 0 Å². The molecule has 0 atom stereocenters. The molecule has 2 nitrogen and oxygen atoms in total. The van der Waals surface area contributed by atoms with Gasteiger partial charge in [0, 0.05) is 22.8 Å². The normalized spacial score (nSPS) is 13.8. The summed E-state index contributed by atoms with van der Waals surface area (Å²) in [5.74, 6) is 0.245. The van der Waals surface area contributed by atoms with Crippen LogP contribution in [0.5, 0.6) is 5.75 Å². The van der Waals surface area contributed by atoms with Crippen LogP contribution in [-0.4, -0.2) is 5.11 Å². The van der Waals surface area contributed by atoms with Crippen molar-refractivity contribution in [2.24, 2.45) is 0 Å². The SMILES string of the molecule is Oc1cccc(Cl)c1CNc1cccc2c1CCCC2. The minimum atomic E-state index is 0.245. The molecule has 104 valence electrons. The second kappa shape index (κ2) is 5.76. The van der Waals surface area contributed by atoms with Crippen LogP contribution in [0.25, 0.3) is 0 Å². The topological polar surface area (TPSA) is 32.3 Å². The lowest BCUT2D eigenvalue weighted by molar-refractivity contribution is 0.469. The molecule has 0 unspecified atom stereocenters. The summed E-state index contributed by atoms with van der Waals surface area (Å²) >= 11 is 6.14. The van der Waals surface area contributed by atoms with E-state index >= 15 is 0 Å². The number of phenolic OH excluding ortho intramolecular Hbond substituents is 1. The quantitative estimate of drug-likeness (QED) is 0.869. The van der Waals surface area contributed by atoms with Gasteiger partial charge in [-0.1, -0.05) is 29.8 Å². The van der Waals surface area contributed by atoms with E-state index in [1.54, 1.807) is 18.2 Å². The maximum absolute atomic E-state index is 9.88. The summed E-state index contributed by atoms with van der Waals surface area (Å²) in [6.45, 7) is 0.544. The van der Waals surface area contributed by atoms with Crippen LogP contribution < -0.4 is 5.32 Å². The van der Waals surface area contributed by atoms with E-state index in [0.29, 0.717) is 11.6 Å². The van der Waals surface area contributed by atoms with Crippen LogP contribution in [0.15, 0.2) is 36.4 Å². The third-order valence-electron chi connectivity index (χ3n) is 3.95. The molecule has 0 saturated heterocycles. The number of benzene rings is 2. The molecule has 0 radical (unpaired) electrons.